The van der Waals surface area contributed by atoms with Crippen molar-refractivity contribution in [3.05, 3.63) is 36.0 Å². The Bertz CT molecular complexity index is 596. The minimum Gasteiger partial charge on any atom is -0.469 e. The van der Waals surface area contributed by atoms with Crippen LogP contribution >= 0.6 is 0 Å². The van der Waals surface area contributed by atoms with Gasteiger partial charge in [0.1, 0.15) is 0 Å². The average molecular weight is 243 g/mol. The van der Waals surface area contributed by atoms with Crippen molar-refractivity contribution >= 4 is 16.9 Å². The van der Waals surface area contributed by atoms with Crippen LogP contribution in [-0.2, 0) is 16.6 Å². The van der Waals surface area contributed by atoms with Crippen molar-refractivity contribution in [2.24, 2.45) is 13.0 Å². The Hall–Kier alpha value is -1.77. The first-order valence-corrected chi connectivity index (χ1v) is 6.34. The van der Waals surface area contributed by atoms with Gasteiger partial charge >= 0.3 is 5.97 Å². The second-order valence-corrected chi connectivity index (χ2v) is 5.05. The lowest BCUT2D eigenvalue weighted by Crippen LogP contribution is -2.16. The summed E-state index contributed by atoms with van der Waals surface area (Å²) in [7, 11) is 3.50. The lowest BCUT2D eigenvalue weighted by molar-refractivity contribution is -0.142. The number of hydrogen-bond donors (Lipinski definition) is 0. The van der Waals surface area contributed by atoms with E-state index in [-0.39, 0.29) is 11.9 Å². The summed E-state index contributed by atoms with van der Waals surface area (Å²) in [5.41, 5.74) is 2.28. The van der Waals surface area contributed by atoms with Crippen LogP contribution in [0.2, 0.25) is 0 Å². The van der Waals surface area contributed by atoms with Gasteiger partial charge in [-0.05, 0) is 30.4 Å². The van der Waals surface area contributed by atoms with E-state index in [4.69, 9.17) is 4.74 Å². The minimum absolute atomic E-state index is 0.0962. The van der Waals surface area contributed by atoms with Gasteiger partial charge in [-0.3, -0.25) is 4.79 Å². The Kier molecular flexibility index (Phi) is 2.62. The van der Waals surface area contributed by atoms with Gasteiger partial charge in [-0.1, -0.05) is 18.2 Å². The maximum absolute atomic E-state index is 12.0. The normalized spacial score (nSPS) is 16.8. The summed E-state index contributed by atoms with van der Waals surface area (Å²) in [6.07, 6.45) is 4.33. The standard InChI is InChI=1S/C15H17NO2/c1-16-9-12(11-5-3-4-6-13(11)16)14(10-7-8-10)15(17)18-2/h3-6,9-10,14H,7-8H2,1-2H3. The molecular weight excluding hydrogens is 226 g/mol. The molecule has 1 aliphatic carbocycles. The monoisotopic (exact) mass is 243 g/mol. The zero-order chi connectivity index (χ0) is 12.7. The molecule has 0 aliphatic heterocycles. The Balaban J connectivity index is 2.14. The highest BCUT2D eigenvalue weighted by Gasteiger charge is 2.39. The average Bonchev–Trinajstić information content (AvgIpc) is 3.17. The van der Waals surface area contributed by atoms with Crippen LogP contribution in [0.1, 0.15) is 24.3 Å². The van der Waals surface area contributed by atoms with Crippen LogP contribution in [0.5, 0.6) is 0 Å². The molecule has 2 aromatic rings. The smallest absolute Gasteiger partial charge is 0.313 e. The number of fused-ring (bicyclic) bond motifs is 1. The molecule has 1 aromatic carbocycles. The molecule has 1 aliphatic rings. The summed E-state index contributed by atoms with van der Waals surface area (Å²) in [5.74, 6) is 0.262. The van der Waals surface area contributed by atoms with E-state index >= 15 is 0 Å². The number of benzene rings is 1. The molecule has 1 saturated carbocycles. The maximum Gasteiger partial charge on any atom is 0.313 e. The molecule has 18 heavy (non-hydrogen) atoms. The van der Waals surface area contributed by atoms with E-state index in [1.165, 1.54) is 18.0 Å². The van der Waals surface area contributed by atoms with Crippen molar-refractivity contribution in [1.82, 2.24) is 4.57 Å². The molecule has 0 saturated heterocycles. The first-order chi connectivity index (χ1) is 8.72. The van der Waals surface area contributed by atoms with Crippen LogP contribution in [0.15, 0.2) is 30.5 Å². The van der Waals surface area contributed by atoms with Gasteiger partial charge < -0.3 is 9.30 Å². The zero-order valence-electron chi connectivity index (χ0n) is 10.7. The van der Waals surface area contributed by atoms with E-state index in [1.54, 1.807) is 0 Å². The lowest BCUT2D eigenvalue weighted by atomic mass is 9.94. The van der Waals surface area contributed by atoms with Gasteiger partial charge in [0.15, 0.2) is 0 Å². The van der Waals surface area contributed by atoms with E-state index in [2.05, 4.69) is 22.9 Å². The number of hydrogen-bond acceptors (Lipinski definition) is 2. The number of rotatable bonds is 3. The summed E-state index contributed by atoms with van der Waals surface area (Å²) in [4.78, 5) is 12.0. The Morgan fingerprint density at radius 2 is 2.11 bits per heavy atom. The number of esters is 1. The first kappa shape index (κ1) is 11.3. The Morgan fingerprint density at radius 1 is 1.39 bits per heavy atom. The Labute approximate surface area is 106 Å². The highest BCUT2D eigenvalue weighted by molar-refractivity contribution is 5.90. The van der Waals surface area contributed by atoms with Gasteiger partial charge in [-0.15, -0.1) is 0 Å². The van der Waals surface area contributed by atoms with Crippen LogP contribution in [0.25, 0.3) is 10.9 Å². The molecule has 1 aromatic heterocycles. The highest BCUT2D eigenvalue weighted by atomic mass is 16.5. The molecule has 1 fully saturated rings. The van der Waals surface area contributed by atoms with Gasteiger partial charge in [-0.2, -0.15) is 0 Å². The largest absolute Gasteiger partial charge is 0.469 e. The van der Waals surface area contributed by atoms with Crippen molar-refractivity contribution in [3.8, 4) is 0 Å². The number of carbonyl (C=O) groups excluding carboxylic acids is 1. The van der Waals surface area contributed by atoms with Gasteiger partial charge in [0.05, 0.1) is 13.0 Å². The molecule has 1 atom stereocenters. The van der Waals surface area contributed by atoms with Crippen molar-refractivity contribution < 1.29 is 9.53 Å². The fourth-order valence-electron chi connectivity index (χ4n) is 2.75. The summed E-state index contributed by atoms with van der Waals surface area (Å²) >= 11 is 0. The van der Waals surface area contributed by atoms with E-state index < -0.39 is 0 Å². The summed E-state index contributed by atoms with van der Waals surface area (Å²) < 4.78 is 7.06. The van der Waals surface area contributed by atoms with Crippen molar-refractivity contribution in [2.45, 2.75) is 18.8 Å². The third-order valence-electron chi connectivity index (χ3n) is 3.81. The van der Waals surface area contributed by atoms with Crippen molar-refractivity contribution in [1.29, 1.82) is 0 Å². The lowest BCUT2D eigenvalue weighted by Gasteiger charge is -2.12. The molecule has 0 bridgehead atoms. The quantitative estimate of drug-likeness (QED) is 0.776. The van der Waals surface area contributed by atoms with Crippen LogP contribution in [0.3, 0.4) is 0 Å². The molecule has 1 unspecified atom stereocenters. The predicted molar refractivity (Wildman–Crippen MR) is 70.4 cm³/mol. The first-order valence-electron chi connectivity index (χ1n) is 6.34. The maximum atomic E-state index is 12.0. The number of methoxy groups -OCH3 is 1. The predicted octanol–water partition coefficient (Wildman–Crippen LogP) is 2.84. The van der Waals surface area contributed by atoms with E-state index in [1.807, 2.05) is 19.2 Å². The van der Waals surface area contributed by atoms with Gasteiger partial charge in [-0.25, -0.2) is 0 Å². The zero-order valence-corrected chi connectivity index (χ0v) is 10.7. The summed E-state index contributed by atoms with van der Waals surface area (Å²) in [6, 6.07) is 8.21. The van der Waals surface area contributed by atoms with Gasteiger partial charge in [0, 0.05) is 24.1 Å². The molecule has 0 N–H and O–H groups in total. The SMILES string of the molecule is COC(=O)C(c1cn(C)c2ccccc12)C1CC1. The number of aryl methyl sites for hydroxylation is 1. The van der Waals surface area contributed by atoms with Crippen molar-refractivity contribution in [2.75, 3.05) is 7.11 Å². The second kappa shape index (κ2) is 4.16. The fraction of sp³-hybridized carbons (Fsp3) is 0.400. The van der Waals surface area contributed by atoms with Crippen LogP contribution in [0, 0.1) is 5.92 Å². The summed E-state index contributed by atoms with van der Waals surface area (Å²) in [6.45, 7) is 0. The van der Waals surface area contributed by atoms with E-state index in [0.717, 1.165) is 18.4 Å². The van der Waals surface area contributed by atoms with Crippen LogP contribution < -0.4 is 0 Å². The fourth-order valence-corrected chi connectivity index (χ4v) is 2.75. The minimum atomic E-state index is -0.103. The molecule has 0 amide bonds. The molecule has 3 rings (SSSR count). The molecule has 1 heterocycles. The third-order valence-corrected chi connectivity index (χ3v) is 3.81. The molecule has 3 heteroatoms. The molecular formula is C15H17NO2. The van der Waals surface area contributed by atoms with E-state index in [9.17, 15) is 4.79 Å². The molecule has 3 nitrogen and oxygen atoms in total. The molecule has 94 valence electrons. The number of carbonyl (C=O) groups is 1. The number of para-hydroxylation sites is 1. The van der Waals surface area contributed by atoms with Crippen LogP contribution in [0.4, 0.5) is 0 Å². The molecule has 0 spiro atoms. The topological polar surface area (TPSA) is 31.2 Å². The third kappa shape index (κ3) is 1.70. The van der Waals surface area contributed by atoms with Gasteiger partial charge in [0.25, 0.3) is 0 Å². The summed E-state index contributed by atoms with van der Waals surface area (Å²) in [5, 5.41) is 1.17. The Morgan fingerprint density at radius 3 is 2.78 bits per heavy atom. The second-order valence-electron chi connectivity index (χ2n) is 5.05. The number of ether oxygens (including phenoxy) is 1. The molecule has 0 radical (unpaired) electrons. The van der Waals surface area contributed by atoms with Crippen molar-refractivity contribution in [3.63, 3.8) is 0 Å². The van der Waals surface area contributed by atoms with E-state index in [0.29, 0.717) is 5.92 Å². The number of aromatic nitrogens is 1. The van der Waals surface area contributed by atoms with Crippen LogP contribution in [-0.4, -0.2) is 17.6 Å². The van der Waals surface area contributed by atoms with Gasteiger partial charge in [0.2, 0.25) is 0 Å². The highest BCUT2D eigenvalue weighted by Crippen LogP contribution is 2.45. The number of nitrogens with zero attached hydrogens (tertiary/aromatic N) is 1.